The SMILES string of the molecule is CCCc1ccc2c(c1)Cc1cc(-c3cc(F)c(C#N)c(F)c3)c(F)cc1-2. The summed E-state index contributed by atoms with van der Waals surface area (Å²) in [5.41, 5.74) is 4.73. The van der Waals surface area contributed by atoms with Crippen LogP contribution in [0, 0.1) is 28.8 Å². The van der Waals surface area contributed by atoms with Crippen molar-refractivity contribution in [2.24, 2.45) is 0 Å². The Balaban J connectivity index is 1.80. The molecule has 0 bridgehead atoms. The number of fused-ring (bicyclic) bond motifs is 3. The average molecular weight is 363 g/mol. The minimum absolute atomic E-state index is 0.0897. The van der Waals surface area contributed by atoms with Gasteiger partial charge in [0.25, 0.3) is 0 Å². The second-order valence-electron chi connectivity index (χ2n) is 6.83. The van der Waals surface area contributed by atoms with Crippen molar-refractivity contribution >= 4 is 0 Å². The van der Waals surface area contributed by atoms with Gasteiger partial charge in [0.1, 0.15) is 29.1 Å². The van der Waals surface area contributed by atoms with Crippen LogP contribution in [0.5, 0.6) is 0 Å². The van der Waals surface area contributed by atoms with E-state index >= 15 is 0 Å². The lowest BCUT2D eigenvalue weighted by molar-refractivity contribution is 0.577. The largest absolute Gasteiger partial charge is 0.206 e. The van der Waals surface area contributed by atoms with E-state index in [1.54, 1.807) is 6.07 Å². The van der Waals surface area contributed by atoms with Gasteiger partial charge in [0, 0.05) is 5.56 Å². The van der Waals surface area contributed by atoms with Crippen molar-refractivity contribution in [2.45, 2.75) is 26.2 Å². The first-order chi connectivity index (χ1) is 13.0. The lowest BCUT2D eigenvalue weighted by atomic mass is 9.97. The van der Waals surface area contributed by atoms with Crippen molar-refractivity contribution in [3.63, 3.8) is 0 Å². The Hall–Kier alpha value is -3.06. The third kappa shape index (κ3) is 2.90. The first-order valence-electron chi connectivity index (χ1n) is 8.86. The van der Waals surface area contributed by atoms with Gasteiger partial charge in [-0.2, -0.15) is 5.26 Å². The van der Waals surface area contributed by atoms with E-state index in [4.69, 9.17) is 5.26 Å². The number of hydrogen-bond acceptors (Lipinski definition) is 1. The lowest BCUT2D eigenvalue weighted by Crippen LogP contribution is -1.95. The van der Waals surface area contributed by atoms with E-state index in [-0.39, 0.29) is 11.1 Å². The van der Waals surface area contributed by atoms with Gasteiger partial charge < -0.3 is 0 Å². The second kappa shape index (κ2) is 6.59. The van der Waals surface area contributed by atoms with Gasteiger partial charge >= 0.3 is 0 Å². The fourth-order valence-electron chi connectivity index (χ4n) is 3.78. The smallest absolute Gasteiger partial charge is 0.144 e. The van der Waals surface area contributed by atoms with E-state index < -0.39 is 23.0 Å². The van der Waals surface area contributed by atoms with Crippen LogP contribution < -0.4 is 0 Å². The first-order valence-corrected chi connectivity index (χ1v) is 8.86. The third-order valence-electron chi connectivity index (χ3n) is 5.04. The van der Waals surface area contributed by atoms with Crippen LogP contribution in [0.2, 0.25) is 0 Å². The number of nitrogens with zero attached hydrogens (tertiary/aromatic N) is 1. The molecule has 0 N–H and O–H groups in total. The summed E-state index contributed by atoms with van der Waals surface area (Å²) in [7, 11) is 0. The van der Waals surface area contributed by atoms with E-state index in [9.17, 15) is 13.2 Å². The molecule has 3 aromatic carbocycles. The topological polar surface area (TPSA) is 23.8 Å². The molecule has 134 valence electrons. The van der Waals surface area contributed by atoms with Crippen LogP contribution in [-0.2, 0) is 12.8 Å². The molecule has 0 aromatic heterocycles. The average Bonchev–Trinajstić information content (AvgIpc) is 2.97. The van der Waals surface area contributed by atoms with Crippen molar-refractivity contribution in [3.8, 4) is 28.3 Å². The molecule has 0 aliphatic heterocycles. The molecule has 1 nitrogen and oxygen atoms in total. The van der Waals surface area contributed by atoms with Crippen molar-refractivity contribution < 1.29 is 13.2 Å². The van der Waals surface area contributed by atoms with Crippen molar-refractivity contribution in [1.29, 1.82) is 5.26 Å². The Kier molecular flexibility index (Phi) is 4.24. The normalized spacial score (nSPS) is 11.8. The van der Waals surface area contributed by atoms with Gasteiger partial charge in [0.05, 0.1) is 0 Å². The van der Waals surface area contributed by atoms with Gasteiger partial charge in [-0.15, -0.1) is 0 Å². The minimum Gasteiger partial charge on any atom is -0.206 e. The van der Waals surface area contributed by atoms with Gasteiger partial charge in [0.15, 0.2) is 0 Å². The molecule has 0 heterocycles. The molecule has 4 rings (SSSR count). The van der Waals surface area contributed by atoms with Crippen LogP contribution in [-0.4, -0.2) is 0 Å². The van der Waals surface area contributed by atoms with Crippen LogP contribution in [0.15, 0.2) is 42.5 Å². The van der Waals surface area contributed by atoms with Gasteiger partial charge in [-0.05, 0) is 70.5 Å². The monoisotopic (exact) mass is 363 g/mol. The van der Waals surface area contributed by atoms with Gasteiger partial charge in [-0.1, -0.05) is 31.5 Å². The summed E-state index contributed by atoms with van der Waals surface area (Å²) in [6.45, 7) is 2.12. The fourth-order valence-corrected chi connectivity index (χ4v) is 3.78. The van der Waals surface area contributed by atoms with Crippen LogP contribution in [0.4, 0.5) is 13.2 Å². The van der Waals surface area contributed by atoms with Crippen LogP contribution in [0.1, 0.15) is 35.6 Å². The zero-order chi connectivity index (χ0) is 19.1. The highest BCUT2D eigenvalue weighted by Crippen LogP contribution is 2.40. The Morgan fingerprint density at radius 3 is 2.22 bits per heavy atom. The Morgan fingerprint density at radius 2 is 1.56 bits per heavy atom. The van der Waals surface area contributed by atoms with Crippen molar-refractivity contribution in [3.05, 3.63) is 82.2 Å². The maximum atomic E-state index is 14.8. The molecule has 0 atom stereocenters. The number of benzene rings is 3. The summed E-state index contributed by atoms with van der Waals surface area (Å²) in [4.78, 5) is 0. The summed E-state index contributed by atoms with van der Waals surface area (Å²) in [6.07, 6.45) is 2.71. The number of rotatable bonds is 3. The number of hydrogen-bond donors (Lipinski definition) is 0. The molecule has 0 saturated heterocycles. The molecule has 1 aliphatic rings. The molecule has 0 saturated carbocycles. The summed E-state index contributed by atoms with van der Waals surface area (Å²) in [5, 5.41) is 8.80. The third-order valence-corrected chi connectivity index (χ3v) is 5.04. The fraction of sp³-hybridized carbons (Fsp3) is 0.174. The van der Waals surface area contributed by atoms with E-state index in [1.807, 2.05) is 6.07 Å². The van der Waals surface area contributed by atoms with Crippen molar-refractivity contribution in [1.82, 2.24) is 0 Å². The molecule has 0 spiro atoms. The van der Waals surface area contributed by atoms with Crippen molar-refractivity contribution in [2.75, 3.05) is 0 Å². The molecular formula is C23H16F3N. The highest BCUT2D eigenvalue weighted by Gasteiger charge is 2.22. The highest BCUT2D eigenvalue weighted by molar-refractivity contribution is 5.81. The van der Waals surface area contributed by atoms with E-state index in [2.05, 4.69) is 19.1 Å². The van der Waals surface area contributed by atoms with Gasteiger partial charge in [-0.25, -0.2) is 13.2 Å². The van der Waals surface area contributed by atoms with Gasteiger partial charge in [-0.3, -0.25) is 0 Å². The predicted molar refractivity (Wildman–Crippen MR) is 98.7 cm³/mol. The predicted octanol–water partition coefficient (Wildman–Crippen LogP) is 6.17. The number of aryl methyl sites for hydroxylation is 1. The molecule has 3 aromatic rings. The Morgan fingerprint density at radius 1 is 0.852 bits per heavy atom. The minimum atomic E-state index is -0.986. The molecular weight excluding hydrogens is 347 g/mol. The Bertz CT molecular complexity index is 1090. The molecule has 4 heteroatoms. The molecule has 0 unspecified atom stereocenters. The van der Waals surface area contributed by atoms with E-state index in [0.29, 0.717) is 6.42 Å². The summed E-state index contributed by atoms with van der Waals surface area (Å²) < 4.78 is 42.7. The molecule has 0 amide bonds. The van der Waals surface area contributed by atoms with Gasteiger partial charge in [0.2, 0.25) is 0 Å². The Labute approximate surface area is 155 Å². The zero-order valence-electron chi connectivity index (χ0n) is 14.7. The maximum absolute atomic E-state index is 14.8. The van der Waals surface area contributed by atoms with E-state index in [1.165, 1.54) is 17.7 Å². The lowest BCUT2D eigenvalue weighted by Gasteiger charge is -2.09. The van der Waals surface area contributed by atoms with Crippen LogP contribution in [0.25, 0.3) is 22.3 Å². The molecule has 0 radical (unpaired) electrons. The van der Waals surface area contributed by atoms with Crippen LogP contribution >= 0.6 is 0 Å². The molecule has 0 fully saturated rings. The number of halogens is 3. The molecule has 1 aliphatic carbocycles. The highest BCUT2D eigenvalue weighted by atomic mass is 19.1. The standard InChI is InChI=1S/C23H16F3N/c1-2-3-13-4-5-17-14(6-13)7-15-8-19(23(26)11-18(15)17)16-9-21(24)20(12-27)22(25)10-16/h4-6,8-11H,2-3,7H2,1H3. The zero-order valence-corrected chi connectivity index (χ0v) is 14.7. The second-order valence-corrected chi connectivity index (χ2v) is 6.83. The molecule has 27 heavy (non-hydrogen) atoms. The number of nitriles is 1. The summed E-state index contributed by atoms with van der Waals surface area (Å²) in [6, 6.07) is 12.8. The summed E-state index contributed by atoms with van der Waals surface area (Å²) in [5.74, 6) is -2.51. The van der Waals surface area contributed by atoms with Crippen LogP contribution in [0.3, 0.4) is 0 Å². The maximum Gasteiger partial charge on any atom is 0.144 e. The first kappa shape index (κ1) is 17.4. The van der Waals surface area contributed by atoms with E-state index in [0.717, 1.165) is 47.2 Å². The summed E-state index contributed by atoms with van der Waals surface area (Å²) >= 11 is 0. The quantitative estimate of drug-likeness (QED) is 0.427.